The Labute approximate surface area is 109 Å². The Hall–Kier alpha value is -0.880. The van der Waals surface area contributed by atoms with E-state index in [9.17, 15) is 4.79 Å². The summed E-state index contributed by atoms with van der Waals surface area (Å²) in [6, 6.07) is 0.449. The molecule has 0 amide bonds. The molecule has 2 rings (SSSR count). The average Bonchev–Trinajstić information content (AvgIpc) is 2.75. The van der Waals surface area contributed by atoms with Crippen LogP contribution in [-0.2, 0) is 7.05 Å². The van der Waals surface area contributed by atoms with Crippen molar-refractivity contribution in [1.29, 1.82) is 0 Å². The third-order valence-electron chi connectivity index (χ3n) is 3.19. The van der Waals surface area contributed by atoms with Crippen LogP contribution >= 0.6 is 15.9 Å². The van der Waals surface area contributed by atoms with Gasteiger partial charge < -0.3 is 10.2 Å². The number of rotatable bonds is 3. The van der Waals surface area contributed by atoms with E-state index in [1.165, 1.54) is 4.68 Å². The van der Waals surface area contributed by atoms with Crippen LogP contribution in [0.2, 0.25) is 0 Å². The van der Waals surface area contributed by atoms with Crippen molar-refractivity contribution in [2.24, 2.45) is 7.05 Å². The second-order valence-electron chi connectivity index (χ2n) is 4.32. The minimum atomic E-state index is -0.0855. The number of anilines is 1. The van der Waals surface area contributed by atoms with Gasteiger partial charge in [-0.2, -0.15) is 5.10 Å². The molecule has 1 aliphatic heterocycles. The number of aryl methyl sites for hydroxylation is 1. The topological polar surface area (TPSA) is 50.2 Å². The van der Waals surface area contributed by atoms with Crippen molar-refractivity contribution in [3.8, 4) is 0 Å². The minimum Gasteiger partial charge on any atom is -0.365 e. The Balaban J connectivity index is 2.34. The van der Waals surface area contributed by atoms with E-state index in [0.717, 1.165) is 31.6 Å². The lowest BCUT2D eigenvalue weighted by atomic mass is 10.2. The fourth-order valence-corrected chi connectivity index (χ4v) is 2.89. The smallest absolute Gasteiger partial charge is 0.282 e. The summed E-state index contributed by atoms with van der Waals surface area (Å²) in [5.74, 6) is 0. The van der Waals surface area contributed by atoms with E-state index in [-0.39, 0.29) is 5.56 Å². The summed E-state index contributed by atoms with van der Waals surface area (Å²) in [6.07, 6.45) is 4.08. The average molecular weight is 301 g/mol. The van der Waals surface area contributed by atoms with Gasteiger partial charge in [0, 0.05) is 26.2 Å². The molecule has 1 saturated heterocycles. The highest BCUT2D eigenvalue weighted by Crippen LogP contribution is 2.28. The molecule has 0 aliphatic carbocycles. The molecule has 0 radical (unpaired) electrons. The molecule has 5 nitrogen and oxygen atoms in total. The number of likely N-dealkylation sites (N-methyl/N-ethyl adjacent to an activating group) is 1. The summed E-state index contributed by atoms with van der Waals surface area (Å²) in [7, 11) is 3.61. The predicted molar refractivity (Wildman–Crippen MR) is 71.5 cm³/mol. The van der Waals surface area contributed by atoms with Gasteiger partial charge in [0.25, 0.3) is 5.56 Å². The normalized spacial score (nSPS) is 19.9. The number of aromatic nitrogens is 2. The van der Waals surface area contributed by atoms with Gasteiger partial charge in [0.05, 0.1) is 11.9 Å². The lowest BCUT2D eigenvalue weighted by molar-refractivity contribution is 0.610. The maximum absolute atomic E-state index is 11.8. The summed E-state index contributed by atoms with van der Waals surface area (Å²) < 4.78 is 1.95. The minimum absolute atomic E-state index is 0.0855. The highest BCUT2D eigenvalue weighted by atomic mass is 79.9. The van der Waals surface area contributed by atoms with Crippen LogP contribution in [0.1, 0.15) is 12.8 Å². The zero-order chi connectivity index (χ0) is 12.4. The molecule has 2 heterocycles. The molecule has 6 heteroatoms. The summed E-state index contributed by atoms with van der Waals surface area (Å²) in [4.78, 5) is 14.1. The molecular weight excluding hydrogens is 284 g/mol. The second-order valence-corrected chi connectivity index (χ2v) is 5.11. The van der Waals surface area contributed by atoms with Crippen LogP contribution in [0, 0.1) is 0 Å². The lowest BCUT2D eigenvalue weighted by Crippen LogP contribution is -2.38. The molecule has 1 aromatic heterocycles. The lowest BCUT2D eigenvalue weighted by Gasteiger charge is -2.27. The number of hydrogen-bond donors (Lipinski definition) is 1. The molecule has 1 fully saturated rings. The number of nitrogens with zero attached hydrogens (tertiary/aromatic N) is 3. The summed E-state index contributed by atoms with van der Waals surface area (Å²) >= 11 is 3.38. The van der Waals surface area contributed by atoms with Gasteiger partial charge in [0.1, 0.15) is 4.47 Å². The molecule has 1 aliphatic rings. The molecule has 1 unspecified atom stereocenters. The molecule has 17 heavy (non-hydrogen) atoms. The van der Waals surface area contributed by atoms with Gasteiger partial charge in [-0.1, -0.05) is 0 Å². The first kappa shape index (κ1) is 12.6. The SMILES string of the molecule is CNCC1CCCN1c1cnn(C)c(=O)c1Br. The van der Waals surface area contributed by atoms with Crippen molar-refractivity contribution >= 4 is 21.6 Å². The highest BCUT2D eigenvalue weighted by molar-refractivity contribution is 9.10. The zero-order valence-electron chi connectivity index (χ0n) is 10.1. The standard InChI is InChI=1S/C11H17BrN4O/c1-13-6-8-4-3-5-16(8)9-7-14-15(2)11(17)10(9)12/h7-8,13H,3-6H2,1-2H3. The number of nitrogens with one attached hydrogen (secondary N) is 1. The molecule has 0 saturated carbocycles. The van der Waals surface area contributed by atoms with Gasteiger partial charge in [-0.25, -0.2) is 4.68 Å². The van der Waals surface area contributed by atoms with E-state index >= 15 is 0 Å². The van der Waals surface area contributed by atoms with Crippen LogP contribution in [0.3, 0.4) is 0 Å². The van der Waals surface area contributed by atoms with Crippen molar-refractivity contribution in [1.82, 2.24) is 15.1 Å². The third-order valence-corrected chi connectivity index (χ3v) is 3.93. The maximum atomic E-state index is 11.8. The van der Waals surface area contributed by atoms with Crippen LogP contribution in [0.15, 0.2) is 15.5 Å². The van der Waals surface area contributed by atoms with Gasteiger partial charge in [-0.15, -0.1) is 0 Å². The van der Waals surface area contributed by atoms with Gasteiger partial charge in [0.15, 0.2) is 0 Å². The molecule has 0 bridgehead atoms. The second kappa shape index (κ2) is 5.18. The van der Waals surface area contributed by atoms with Crippen LogP contribution in [0.25, 0.3) is 0 Å². The van der Waals surface area contributed by atoms with Crippen molar-refractivity contribution in [2.75, 3.05) is 25.0 Å². The first-order chi connectivity index (χ1) is 8.15. The Morgan fingerprint density at radius 3 is 3.12 bits per heavy atom. The van der Waals surface area contributed by atoms with Crippen LogP contribution in [0.4, 0.5) is 5.69 Å². The first-order valence-electron chi connectivity index (χ1n) is 5.78. The molecular formula is C11H17BrN4O. The maximum Gasteiger partial charge on any atom is 0.282 e. The van der Waals surface area contributed by atoms with Crippen LogP contribution in [0.5, 0.6) is 0 Å². The van der Waals surface area contributed by atoms with E-state index in [4.69, 9.17) is 0 Å². The van der Waals surface area contributed by atoms with Crippen molar-refractivity contribution in [2.45, 2.75) is 18.9 Å². The fourth-order valence-electron chi connectivity index (χ4n) is 2.30. The van der Waals surface area contributed by atoms with Gasteiger partial charge >= 0.3 is 0 Å². The van der Waals surface area contributed by atoms with Crippen LogP contribution in [-0.4, -0.2) is 36.0 Å². The quantitative estimate of drug-likeness (QED) is 0.894. The summed E-state index contributed by atoms with van der Waals surface area (Å²) in [6.45, 7) is 1.92. The largest absolute Gasteiger partial charge is 0.365 e. The highest BCUT2D eigenvalue weighted by Gasteiger charge is 2.26. The zero-order valence-corrected chi connectivity index (χ0v) is 11.7. The van der Waals surface area contributed by atoms with Gasteiger partial charge in [-0.3, -0.25) is 4.79 Å². The molecule has 1 atom stereocenters. The van der Waals surface area contributed by atoms with Crippen molar-refractivity contribution < 1.29 is 0 Å². The Morgan fingerprint density at radius 1 is 1.65 bits per heavy atom. The number of halogens is 1. The Kier molecular flexibility index (Phi) is 3.83. The van der Waals surface area contributed by atoms with E-state index in [0.29, 0.717) is 10.5 Å². The molecule has 0 spiro atoms. The van der Waals surface area contributed by atoms with Gasteiger partial charge in [-0.05, 0) is 35.8 Å². The van der Waals surface area contributed by atoms with Gasteiger partial charge in [0.2, 0.25) is 0 Å². The Morgan fingerprint density at radius 2 is 2.41 bits per heavy atom. The van der Waals surface area contributed by atoms with E-state index < -0.39 is 0 Å². The summed E-state index contributed by atoms with van der Waals surface area (Å²) in [5, 5.41) is 7.28. The Bertz CT molecular complexity index is 459. The fraction of sp³-hybridized carbons (Fsp3) is 0.636. The third kappa shape index (κ3) is 2.37. The van der Waals surface area contributed by atoms with Crippen LogP contribution < -0.4 is 15.8 Å². The van der Waals surface area contributed by atoms with E-state index in [1.807, 2.05) is 7.05 Å². The predicted octanol–water partition coefficient (Wildman–Crippen LogP) is 0.731. The first-order valence-corrected chi connectivity index (χ1v) is 6.57. The molecule has 94 valence electrons. The monoisotopic (exact) mass is 300 g/mol. The molecule has 0 aromatic carbocycles. The van der Waals surface area contributed by atoms with Crippen molar-refractivity contribution in [3.63, 3.8) is 0 Å². The van der Waals surface area contributed by atoms with E-state index in [1.54, 1.807) is 13.2 Å². The van der Waals surface area contributed by atoms with E-state index in [2.05, 4.69) is 31.2 Å². The number of hydrogen-bond acceptors (Lipinski definition) is 4. The van der Waals surface area contributed by atoms with Crippen molar-refractivity contribution in [3.05, 3.63) is 21.0 Å². The molecule has 1 N–H and O–H groups in total. The summed E-state index contributed by atoms with van der Waals surface area (Å²) in [5.41, 5.74) is 0.823. The molecule has 1 aromatic rings.